The molecule has 0 bridgehead atoms. The summed E-state index contributed by atoms with van der Waals surface area (Å²) in [7, 11) is 0. The summed E-state index contributed by atoms with van der Waals surface area (Å²) in [5.41, 5.74) is 1.90. The van der Waals surface area contributed by atoms with E-state index in [1.807, 2.05) is 6.92 Å². The second-order valence-corrected chi connectivity index (χ2v) is 5.47. The number of nitro groups is 1. The third-order valence-corrected chi connectivity index (χ3v) is 4.01. The zero-order valence-corrected chi connectivity index (χ0v) is 12.8. The summed E-state index contributed by atoms with van der Waals surface area (Å²) in [6.45, 7) is 3.58. The average Bonchev–Trinajstić information content (AvgIpc) is 3.13. The molecule has 9 nitrogen and oxygen atoms in total. The molecule has 3 aromatic heterocycles. The smallest absolute Gasteiger partial charge is 0.295 e. The minimum absolute atomic E-state index is 0.114. The maximum absolute atomic E-state index is 12.1. The van der Waals surface area contributed by atoms with Gasteiger partial charge in [-0.2, -0.15) is 0 Å². The van der Waals surface area contributed by atoms with E-state index in [-0.39, 0.29) is 11.3 Å². The zero-order valence-electron chi connectivity index (χ0n) is 12.8. The number of aromatic nitrogens is 5. The summed E-state index contributed by atoms with van der Waals surface area (Å²) in [4.78, 5) is 34.0. The Hall–Kier alpha value is -3.49. The quantitative estimate of drug-likeness (QED) is 0.447. The molecule has 0 aliphatic heterocycles. The number of H-pyrrole nitrogens is 1. The lowest BCUT2D eigenvalue weighted by atomic mass is 10.2. The largest absolute Gasteiger partial charge is 0.317 e. The van der Waals surface area contributed by atoms with E-state index in [1.54, 1.807) is 40.5 Å². The van der Waals surface area contributed by atoms with Crippen LogP contribution in [-0.4, -0.2) is 28.8 Å². The molecule has 4 aromatic rings. The predicted octanol–water partition coefficient (Wildman–Crippen LogP) is 1.89. The van der Waals surface area contributed by atoms with Crippen molar-refractivity contribution < 1.29 is 4.92 Å². The van der Waals surface area contributed by atoms with E-state index in [4.69, 9.17) is 0 Å². The first kappa shape index (κ1) is 14.1. The lowest BCUT2D eigenvalue weighted by Gasteiger charge is -2.10. The van der Waals surface area contributed by atoms with Crippen LogP contribution in [0.4, 0.5) is 5.69 Å². The summed E-state index contributed by atoms with van der Waals surface area (Å²) >= 11 is 0. The molecule has 0 fully saturated rings. The van der Waals surface area contributed by atoms with Gasteiger partial charge in [0.15, 0.2) is 0 Å². The van der Waals surface area contributed by atoms with E-state index in [0.717, 1.165) is 5.69 Å². The van der Waals surface area contributed by atoms with Crippen molar-refractivity contribution in [3.63, 3.8) is 0 Å². The first-order valence-corrected chi connectivity index (χ1v) is 7.16. The molecule has 0 aliphatic rings. The van der Waals surface area contributed by atoms with Crippen LogP contribution in [0.5, 0.6) is 0 Å². The van der Waals surface area contributed by atoms with Gasteiger partial charge in [-0.15, -0.1) is 0 Å². The SMILES string of the molecule is Cc1nccn1-c1cc2c(cc1[N+](=O)[O-])[nH]c(=O)c1ncc(C)n12. The van der Waals surface area contributed by atoms with E-state index in [1.165, 1.54) is 6.07 Å². The summed E-state index contributed by atoms with van der Waals surface area (Å²) in [5.74, 6) is 0.625. The molecule has 120 valence electrons. The molecule has 9 heteroatoms. The number of aromatic amines is 1. The van der Waals surface area contributed by atoms with Crippen molar-refractivity contribution in [3.8, 4) is 5.69 Å². The Kier molecular flexibility index (Phi) is 2.80. The van der Waals surface area contributed by atoms with Gasteiger partial charge in [0.05, 0.1) is 16.0 Å². The van der Waals surface area contributed by atoms with Crippen molar-refractivity contribution in [1.82, 2.24) is 23.9 Å². The second kappa shape index (κ2) is 4.75. The van der Waals surface area contributed by atoms with Crippen molar-refractivity contribution in [3.05, 3.63) is 62.7 Å². The second-order valence-electron chi connectivity index (χ2n) is 5.47. The van der Waals surface area contributed by atoms with Gasteiger partial charge in [0.25, 0.3) is 11.2 Å². The van der Waals surface area contributed by atoms with Crippen LogP contribution in [0.15, 0.2) is 35.5 Å². The molecule has 1 N–H and O–H groups in total. The van der Waals surface area contributed by atoms with Gasteiger partial charge in [-0.3, -0.25) is 23.9 Å². The number of rotatable bonds is 2. The van der Waals surface area contributed by atoms with E-state index in [0.29, 0.717) is 22.5 Å². The van der Waals surface area contributed by atoms with Crippen molar-refractivity contribution in [2.45, 2.75) is 13.8 Å². The van der Waals surface area contributed by atoms with Crippen LogP contribution in [-0.2, 0) is 0 Å². The first-order chi connectivity index (χ1) is 11.5. The maximum Gasteiger partial charge on any atom is 0.295 e. The number of hydrogen-bond donors (Lipinski definition) is 1. The Bertz CT molecular complexity index is 1180. The molecule has 0 aliphatic carbocycles. The van der Waals surface area contributed by atoms with Crippen molar-refractivity contribution in [2.75, 3.05) is 0 Å². The number of nitrogens with zero attached hydrogens (tertiary/aromatic N) is 5. The average molecular weight is 324 g/mol. The third-order valence-electron chi connectivity index (χ3n) is 4.01. The molecule has 1 aromatic carbocycles. The van der Waals surface area contributed by atoms with Crippen LogP contribution < -0.4 is 5.56 Å². The van der Waals surface area contributed by atoms with Crippen molar-refractivity contribution >= 4 is 22.4 Å². The number of nitro benzene ring substituents is 1. The van der Waals surface area contributed by atoms with Gasteiger partial charge in [0.2, 0.25) is 5.65 Å². The fourth-order valence-electron chi connectivity index (χ4n) is 2.90. The highest BCUT2D eigenvalue weighted by Gasteiger charge is 2.20. The number of nitrogens with one attached hydrogen (secondary N) is 1. The highest BCUT2D eigenvalue weighted by molar-refractivity contribution is 5.84. The van der Waals surface area contributed by atoms with Crippen molar-refractivity contribution in [1.29, 1.82) is 0 Å². The topological polar surface area (TPSA) is 111 Å². The van der Waals surface area contributed by atoms with Crippen LogP contribution in [0.1, 0.15) is 11.5 Å². The first-order valence-electron chi connectivity index (χ1n) is 7.16. The summed E-state index contributed by atoms with van der Waals surface area (Å²) < 4.78 is 3.33. The van der Waals surface area contributed by atoms with E-state index < -0.39 is 10.5 Å². The van der Waals surface area contributed by atoms with Crippen LogP contribution >= 0.6 is 0 Å². The summed E-state index contributed by atoms with van der Waals surface area (Å²) in [6.07, 6.45) is 4.83. The van der Waals surface area contributed by atoms with Gasteiger partial charge in [0.1, 0.15) is 11.5 Å². The fourth-order valence-corrected chi connectivity index (χ4v) is 2.90. The fraction of sp³-hybridized carbons (Fsp3) is 0.133. The van der Waals surface area contributed by atoms with Gasteiger partial charge < -0.3 is 4.98 Å². The molecular weight excluding hydrogens is 312 g/mol. The van der Waals surface area contributed by atoms with Crippen LogP contribution in [0.3, 0.4) is 0 Å². The van der Waals surface area contributed by atoms with Crippen molar-refractivity contribution in [2.24, 2.45) is 0 Å². The van der Waals surface area contributed by atoms with E-state index in [9.17, 15) is 14.9 Å². The number of imidazole rings is 2. The maximum atomic E-state index is 12.1. The minimum atomic E-state index is -0.475. The molecule has 4 rings (SSSR count). The number of benzene rings is 1. The zero-order chi connectivity index (χ0) is 17.0. The summed E-state index contributed by atoms with van der Waals surface area (Å²) in [5, 5.41) is 11.5. The lowest BCUT2D eigenvalue weighted by molar-refractivity contribution is -0.384. The molecule has 3 heterocycles. The van der Waals surface area contributed by atoms with Crippen LogP contribution in [0.2, 0.25) is 0 Å². The summed E-state index contributed by atoms with van der Waals surface area (Å²) in [6, 6.07) is 3.03. The van der Waals surface area contributed by atoms with Gasteiger partial charge in [-0.05, 0) is 19.9 Å². The molecule has 0 radical (unpaired) electrons. The molecule has 0 atom stereocenters. The van der Waals surface area contributed by atoms with Crippen LogP contribution in [0.25, 0.3) is 22.4 Å². The highest BCUT2D eigenvalue weighted by Crippen LogP contribution is 2.29. The Labute approximate surface area is 134 Å². The predicted molar refractivity (Wildman–Crippen MR) is 86.6 cm³/mol. The number of hydrogen-bond acceptors (Lipinski definition) is 5. The molecule has 0 unspecified atom stereocenters. The normalized spacial score (nSPS) is 11.4. The van der Waals surface area contributed by atoms with Gasteiger partial charge >= 0.3 is 0 Å². The lowest BCUT2D eigenvalue weighted by Crippen LogP contribution is -2.12. The van der Waals surface area contributed by atoms with Gasteiger partial charge in [-0.1, -0.05) is 0 Å². The van der Waals surface area contributed by atoms with E-state index in [2.05, 4.69) is 15.0 Å². The number of fused-ring (bicyclic) bond motifs is 3. The Morgan fingerprint density at radius 2 is 2.04 bits per heavy atom. The molecule has 0 saturated carbocycles. The molecule has 0 saturated heterocycles. The molecular formula is C15H12N6O3. The van der Waals surface area contributed by atoms with E-state index >= 15 is 0 Å². The molecule has 0 spiro atoms. The standard InChI is InChI=1S/C15H12N6O3/c1-8-7-17-14-15(22)18-10-5-13(21(23)24)12(6-11(10)20(8)14)19-4-3-16-9(19)2/h3-7H,1-2H3,(H,18,22). The Morgan fingerprint density at radius 3 is 2.71 bits per heavy atom. The minimum Gasteiger partial charge on any atom is -0.317 e. The third kappa shape index (κ3) is 1.84. The number of aryl methyl sites for hydroxylation is 2. The highest BCUT2D eigenvalue weighted by atomic mass is 16.6. The Morgan fingerprint density at radius 1 is 1.25 bits per heavy atom. The molecule has 24 heavy (non-hydrogen) atoms. The Balaban J connectivity index is 2.21. The van der Waals surface area contributed by atoms with Crippen LogP contribution in [0, 0.1) is 24.0 Å². The molecule has 0 amide bonds. The monoisotopic (exact) mass is 324 g/mol. The van der Waals surface area contributed by atoms with Gasteiger partial charge in [0, 0.05) is 30.4 Å². The van der Waals surface area contributed by atoms with Gasteiger partial charge in [-0.25, -0.2) is 9.97 Å².